The van der Waals surface area contributed by atoms with E-state index in [-0.39, 0.29) is 12.3 Å². The molecule has 5 nitrogen and oxygen atoms in total. The fourth-order valence-corrected chi connectivity index (χ4v) is 1.52. The minimum absolute atomic E-state index is 0.104. The van der Waals surface area contributed by atoms with Crippen LogP contribution in [0.25, 0.3) is 0 Å². The van der Waals surface area contributed by atoms with E-state index in [1.807, 2.05) is 13.8 Å². The molecule has 0 heterocycles. The van der Waals surface area contributed by atoms with Crippen LogP contribution in [-0.2, 0) is 9.59 Å². The van der Waals surface area contributed by atoms with Gasteiger partial charge in [-0.25, -0.2) is 0 Å². The molecule has 0 aromatic heterocycles. The molecule has 1 atom stereocenters. The highest BCUT2D eigenvalue weighted by Gasteiger charge is 2.25. The average molecular weight is 229 g/mol. The van der Waals surface area contributed by atoms with Crippen LogP contribution in [0.2, 0.25) is 0 Å². The number of nitrogens with one attached hydrogen (secondary N) is 1. The van der Waals surface area contributed by atoms with Crippen molar-refractivity contribution in [3.8, 4) is 0 Å². The van der Waals surface area contributed by atoms with Gasteiger partial charge in [0.1, 0.15) is 0 Å². The van der Waals surface area contributed by atoms with Crippen molar-refractivity contribution in [3.63, 3.8) is 0 Å². The summed E-state index contributed by atoms with van der Waals surface area (Å²) in [5.41, 5.74) is 10.2. The first-order valence-electron chi connectivity index (χ1n) is 5.50. The second-order valence-electron chi connectivity index (χ2n) is 5.25. The lowest BCUT2D eigenvalue weighted by atomic mass is 9.98. The zero-order valence-electron chi connectivity index (χ0n) is 10.5. The second kappa shape index (κ2) is 5.84. The molecule has 5 N–H and O–H groups in total. The van der Waals surface area contributed by atoms with Gasteiger partial charge < -0.3 is 16.8 Å². The molecule has 0 spiro atoms. The van der Waals surface area contributed by atoms with E-state index in [1.54, 1.807) is 13.8 Å². The Bertz CT molecular complexity index is 262. The fraction of sp³-hybridized carbons (Fsp3) is 0.818. The van der Waals surface area contributed by atoms with Gasteiger partial charge in [0.25, 0.3) is 0 Å². The maximum atomic E-state index is 11.7. The molecule has 0 aliphatic carbocycles. The Kier molecular flexibility index (Phi) is 5.44. The van der Waals surface area contributed by atoms with Gasteiger partial charge in [-0.1, -0.05) is 13.8 Å². The first-order chi connectivity index (χ1) is 7.14. The van der Waals surface area contributed by atoms with Gasteiger partial charge in [-0.05, 0) is 26.2 Å². The summed E-state index contributed by atoms with van der Waals surface area (Å²) in [5, 5.41) is 2.73. The highest BCUT2D eigenvalue weighted by molar-refractivity contribution is 5.83. The number of hydrogen-bond acceptors (Lipinski definition) is 3. The van der Waals surface area contributed by atoms with Crippen molar-refractivity contribution in [2.75, 3.05) is 0 Å². The zero-order valence-corrected chi connectivity index (χ0v) is 10.5. The monoisotopic (exact) mass is 229 g/mol. The predicted molar refractivity (Wildman–Crippen MR) is 63.5 cm³/mol. The molecule has 0 bridgehead atoms. The molecule has 0 rings (SSSR count). The zero-order chi connectivity index (χ0) is 12.9. The molecule has 5 heteroatoms. The lowest BCUT2D eigenvalue weighted by molar-refractivity contribution is -0.125. The first-order valence-corrected chi connectivity index (χ1v) is 5.50. The highest BCUT2D eigenvalue weighted by atomic mass is 16.2. The molecule has 0 saturated carbocycles. The van der Waals surface area contributed by atoms with E-state index in [9.17, 15) is 9.59 Å². The van der Waals surface area contributed by atoms with Gasteiger partial charge in [0, 0.05) is 12.0 Å². The van der Waals surface area contributed by atoms with E-state index in [1.165, 1.54) is 0 Å². The van der Waals surface area contributed by atoms with Gasteiger partial charge >= 0.3 is 0 Å². The Labute approximate surface area is 96.9 Å². The molecule has 0 radical (unpaired) electrons. The van der Waals surface area contributed by atoms with Gasteiger partial charge in [0.15, 0.2) is 0 Å². The van der Waals surface area contributed by atoms with Crippen LogP contribution in [0, 0.1) is 5.92 Å². The van der Waals surface area contributed by atoms with Crippen LogP contribution in [-0.4, -0.2) is 23.4 Å². The van der Waals surface area contributed by atoms with E-state index in [4.69, 9.17) is 11.5 Å². The van der Waals surface area contributed by atoms with Crippen LogP contribution in [0.1, 0.15) is 40.5 Å². The molecular weight excluding hydrogens is 206 g/mol. The summed E-state index contributed by atoms with van der Waals surface area (Å²) in [5.74, 6) is -0.317. The molecule has 0 aromatic carbocycles. The third-order valence-corrected chi connectivity index (χ3v) is 2.14. The lowest BCUT2D eigenvalue weighted by Crippen LogP contribution is -2.52. The lowest BCUT2D eigenvalue weighted by Gasteiger charge is -2.27. The molecule has 0 fully saturated rings. The van der Waals surface area contributed by atoms with Crippen LogP contribution in [0.3, 0.4) is 0 Å². The number of rotatable bonds is 6. The van der Waals surface area contributed by atoms with E-state index in [2.05, 4.69) is 5.32 Å². The number of carbonyl (C=O) groups excluding carboxylic acids is 2. The van der Waals surface area contributed by atoms with Crippen LogP contribution in [0.15, 0.2) is 0 Å². The standard InChI is InChI=1S/C11H23N3O2/c1-7(2)5-8(12)10(16)14-11(3,4)6-9(13)15/h7-8H,5-6,12H2,1-4H3,(H2,13,15)(H,14,16). The molecule has 1 unspecified atom stereocenters. The highest BCUT2D eigenvalue weighted by Crippen LogP contribution is 2.09. The Hall–Kier alpha value is -1.10. The van der Waals surface area contributed by atoms with Crippen molar-refractivity contribution in [2.45, 2.75) is 52.1 Å². The van der Waals surface area contributed by atoms with Crippen molar-refractivity contribution in [1.29, 1.82) is 0 Å². The maximum absolute atomic E-state index is 11.7. The predicted octanol–water partition coefficient (Wildman–Crippen LogP) is 0.130. The van der Waals surface area contributed by atoms with Gasteiger partial charge in [-0.2, -0.15) is 0 Å². The number of carbonyl (C=O) groups is 2. The largest absolute Gasteiger partial charge is 0.370 e. The summed E-state index contributed by atoms with van der Waals surface area (Å²) in [7, 11) is 0. The summed E-state index contributed by atoms with van der Waals surface area (Å²) in [6.45, 7) is 7.50. The van der Waals surface area contributed by atoms with Crippen molar-refractivity contribution in [3.05, 3.63) is 0 Å². The summed E-state index contributed by atoms with van der Waals surface area (Å²) >= 11 is 0. The summed E-state index contributed by atoms with van der Waals surface area (Å²) < 4.78 is 0. The SMILES string of the molecule is CC(C)CC(N)C(=O)NC(C)(C)CC(N)=O. The minimum atomic E-state index is -0.641. The van der Waals surface area contributed by atoms with Gasteiger partial charge in [-0.3, -0.25) is 9.59 Å². The topological polar surface area (TPSA) is 98.2 Å². The Morgan fingerprint density at radius 1 is 1.31 bits per heavy atom. The third-order valence-electron chi connectivity index (χ3n) is 2.14. The quantitative estimate of drug-likeness (QED) is 0.603. The van der Waals surface area contributed by atoms with Crippen LogP contribution < -0.4 is 16.8 Å². The third kappa shape index (κ3) is 6.40. The fourth-order valence-electron chi connectivity index (χ4n) is 1.52. The number of hydrogen-bond donors (Lipinski definition) is 3. The van der Waals surface area contributed by atoms with Crippen molar-refractivity contribution < 1.29 is 9.59 Å². The Balaban J connectivity index is 4.26. The van der Waals surface area contributed by atoms with Crippen LogP contribution in [0.5, 0.6) is 0 Å². The van der Waals surface area contributed by atoms with E-state index >= 15 is 0 Å². The molecule has 0 aliphatic rings. The van der Waals surface area contributed by atoms with E-state index in [0.717, 1.165) is 0 Å². The normalized spacial score (nSPS) is 13.6. The van der Waals surface area contributed by atoms with Gasteiger partial charge in [0.05, 0.1) is 6.04 Å². The Morgan fingerprint density at radius 3 is 2.19 bits per heavy atom. The van der Waals surface area contributed by atoms with Crippen molar-refractivity contribution in [1.82, 2.24) is 5.32 Å². The van der Waals surface area contributed by atoms with Crippen LogP contribution >= 0.6 is 0 Å². The Morgan fingerprint density at radius 2 is 1.81 bits per heavy atom. The van der Waals surface area contributed by atoms with Crippen LogP contribution in [0.4, 0.5) is 0 Å². The number of amides is 2. The van der Waals surface area contributed by atoms with Gasteiger partial charge in [0.2, 0.25) is 11.8 Å². The second-order valence-corrected chi connectivity index (χ2v) is 5.25. The number of nitrogens with two attached hydrogens (primary N) is 2. The smallest absolute Gasteiger partial charge is 0.237 e. The van der Waals surface area contributed by atoms with E-state index < -0.39 is 17.5 Å². The molecule has 94 valence electrons. The summed E-state index contributed by atoms with van der Waals surface area (Å²) in [6.07, 6.45) is 0.728. The maximum Gasteiger partial charge on any atom is 0.237 e. The van der Waals surface area contributed by atoms with E-state index in [0.29, 0.717) is 12.3 Å². The van der Waals surface area contributed by atoms with Crippen molar-refractivity contribution in [2.24, 2.45) is 17.4 Å². The average Bonchev–Trinajstić information content (AvgIpc) is 1.98. The number of primary amides is 1. The summed E-state index contributed by atoms with van der Waals surface area (Å²) in [4.78, 5) is 22.5. The summed E-state index contributed by atoms with van der Waals surface area (Å²) in [6, 6.07) is -0.535. The molecular formula is C11H23N3O2. The molecule has 2 amide bonds. The molecule has 0 aliphatic heterocycles. The molecule has 16 heavy (non-hydrogen) atoms. The van der Waals surface area contributed by atoms with Gasteiger partial charge in [-0.15, -0.1) is 0 Å². The minimum Gasteiger partial charge on any atom is -0.370 e. The van der Waals surface area contributed by atoms with Crippen molar-refractivity contribution >= 4 is 11.8 Å². The molecule has 0 saturated heterocycles. The molecule has 0 aromatic rings. The first kappa shape index (κ1) is 14.9.